The standard InChI is InChI=1S/C23H28ClN3O2S/c1-2-3-4-5-6-7-8-20-17-27(21-13-11-19(24)12-14-21)23(26-20)18-9-15-22(16-10-18)30(25,28)29/h9-17H,2-8H2,1H3,(H2,25,28,29). The minimum atomic E-state index is -3.73. The molecule has 0 bridgehead atoms. The number of primary sulfonamides is 1. The molecule has 0 saturated carbocycles. The van der Waals surface area contributed by atoms with Crippen molar-refractivity contribution in [1.82, 2.24) is 9.55 Å². The van der Waals surface area contributed by atoms with Crippen molar-refractivity contribution in [2.24, 2.45) is 5.14 Å². The van der Waals surface area contributed by atoms with E-state index in [0.29, 0.717) is 5.02 Å². The van der Waals surface area contributed by atoms with Crippen molar-refractivity contribution >= 4 is 21.6 Å². The first kappa shape index (κ1) is 22.5. The Labute approximate surface area is 184 Å². The van der Waals surface area contributed by atoms with Crippen LogP contribution in [0.4, 0.5) is 0 Å². The topological polar surface area (TPSA) is 78.0 Å². The third kappa shape index (κ3) is 5.94. The number of nitrogens with two attached hydrogens (primary N) is 1. The first-order valence-electron chi connectivity index (χ1n) is 10.4. The maximum absolute atomic E-state index is 11.6. The van der Waals surface area contributed by atoms with E-state index in [9.17, 15) is 8.42 Å². The minimum Gasteiger partial charge on any atom is -0.300 e. The van der Waals surface area contributed by atoms with Gasteiger partial charge in [0.1, 0.15) is 5.82 Å². The molecule has 2 aromatic carbocycles. The summed E-state index contributed by atoms with van der Waals surface area (Å²) in [6.45, 7) is 2.22. The van der Waals surface area contributed by atoms with Crippen molar-refractivity contribution < 1.29 is 8.42 Å². The lowest BCUT2D eigenvalue weighted by Crippen LogP contribution is -2.11. The second kappa shape index (κ2) is 10.2. The van der Waals surface area contributed by atoms with Gasteiger partial charge in [0.15, 0.2) is 0 Å². The SMILES string of the molecule is CCCCCCCCc1cn(-c2ccc(Cl)cc2)c(-c2ccc(S(N)(=O)=O)cc2)n1. The number of rotatable bonds is 10. The van der Waals surface area contributed by atoms with Crippen LogP contribution in [0.2, 0.25) is 5.02 Å². The van der Waals surface area contributed by atoms with Crippen LogP contribution in [-0.2, 0) is 16.4 Å². The minimum absolute atomic E-state index is 0.0863. The lowest BCUT2D eigenvalue weighted by Gasteiger charge is -2.08. The summed E-state index contributed by atoms with van der Waals surface area (Å²) in [6, 6.07) is 14.1. The lowest BCUT2D eigenvalue weighted by molar-refractivity contribution is 0.598. The van der Waals surface area contributed by atoms with Crippen LogP contribution in [0, 0.1) is 0 Å². The normalized spacial score (nSPS) is 11.7. The van der Waals surface area contributed by atoms with Gasteiger partial charge in [-0.1, -0.05) is 50.6 Å². The van der Waals surface area contributed by atoms with Crippen LogP contribution < -0.4 is 5.14 Å². The highest BCUT2D eigenvalue weighted by Gasteiger charge is 2.14. The van der Waals surface area contributed by atoms with E-state index in [1.807, 2.05) is 28.8 Å². The van der Waals surface area contributed by atoms with Gasteiger partial charge in [-0.3, -0.25) is 4.57 Å². The zero-order valence-corrected chi connectivity index (χ0v) is 18.8. The molecule has 0 saturated heterocycles. The largest absolute Gasteiger partial charge is 0.300 e. The summed E-state index contributed by atoms with van der Waals surface area (Å²) in [6.07, 6.45) is 10.4. The van der Waals surface area contributed by atoms with Crippen LogP contribution in [0.25, 0.3) is 17.1 Å². The second-order valence-corrected chi connectivity index (χ2v) is 9.49. The Morgan fingerprint density at radius 1 is 0.933 bits per heavy atom. The third-order valence-electron chi connectivity index (χ3n) is 5.09. The van der Waals surface area contributed by atoms with Crippen LogP contribution >= 0.6 is 11.6 Å². The first-order chi connectivity index (χ1) is 14.4. The van der Waals surface area contributed by atoms with Crippen molar-refractivity contribution in [3.63, 3.8) is 0 Å². The van der Waals surface area contributed by atoms with Gasteiger partial charge in [-0.2, -0.15) is 0 Å². The first-order valence-corrected chi connectivity index (χ1v) is 12.3. The molecule has 0 fully saturated rings. The Balaban J connectivity index is 1.86. The number of sulfonamides is 1. The summed E-state index contributed by atoms with van der Waals surface area (Å²) >= 11 is 6.05. The second-order valence-electron chi connectivity index (χ2n) is 7.49. The van der Waals surface area contributed by atoms with Crippen molar-refractivity contribution in [2.45, 2.75) is 56.8 Å². The van der Waals surface area contributed by atoms with Crippen LogP contribution in [0.15, 0.2) is 59.6 Å². The van der Waals surface area contributed by atoms with Crippen molar-refractivity contribution in [3.8, 4) is 17.1 Å². The number of imidazole rings is 1. The van der Waals surface area contributed by atoms with E-state index in [4.69, 9.17) is 21.7 Å². The van der Waals surface area contributed by atoms with Gasteiger partial charge in [0.05, 0.1) is 10.6 Å². The molecule has 0 aliphatic rings. The number of aromatic nitrogens is 2. The van der Waals surface area contributed by atoms with Gasteiger partial charge in [0, 0.05) is 22.5 Å². The number of benzene rings is 2. The average molecular weight is 446 g/mol. The molecular weight excluding hydrogens is 418 g/mol. The predicted molar refractivity (Wildman–Crippen MR) is 122 cm³/mol. The third-order valence-corrected chi connectivity index (χ3v) is 6.27. The molecule has 30 heavy (non-hydrogen) atoms. The Bertz CT molecular complexity index is 1060. The molecule has 0 amide bonds. The molecular formula is C23H28ClN3O2S. The fourth-order valence-electron chi connectivity index (χ4n) is 3.43. The molecule has 160 valence electrons. The predicted octanol–water partition coefficient (Wildman–Crippen LogP) is 5.74. The van der Waals surface area contributed by atoms with Gasteiger partial charge in [-0.25, -0.2) is 18.5 Å². The van der Waals surface area contributed by atoms with E-state index in [2.05, 4.69) is 13.1 Å². The van der Waals surface area contributed by atoms with E-state index in [1.54, 1.807) is 12.1 Å². The Hall–Kier alpha value is -2.15. The summed E-state index contributed by atoms with van der Waals surface area (Å²) < 4.78 is 25.1. The summed E-state index contributed by atoms with van der Waals surface area (Å²) in [5.74, 6) is 0.763. The number of halogens is 1. The molecule has 0 spiro atoms. The summed E-state index contributed by atoms with van der Waals surface area (Å²) in [5, 5.41) is 5.89. The Kier molecular flexibility index (Phi) is 7.69. The number of aryl methyl sites for hydroxylation is 1. The highest BCUT2D eigenvalue weighted by Crippen LogP contribution is 2.26. The number of nitrogens with zero attached hydrogens (tertiary/aromatic N) is 2. The molecule has 3 rings (SSSR count). The molecule has 0 radical (unpaired) electrons. The average Bonchev–Trinajstić information content (AvgIpc) is 3.15. The fourth-order valence-corrected chi connectivity index (χ4v) is 4.07. The number of hydrogen-bond donors (Lipinski definition) is 1. The quantitative estimate of drug-likeness (QED) is 0.404. The van der Waals surface area contributed by atoms with Crippen molar-refractivity contribution in [2.75, 3.05) is 0 Å². The van der Waals surface area contributed by atoms with E-state index >= 15 is 0 Å². The van der Waals surface area contributed by atoms with E-state index < -0.39 is 10.0 Å². The summed E-state index contributed by atoms with van der Waals surface area (Å²) in [7, 11) is -3.73. The number of hydrogen-bond acceptors (Lipinski definition) is 3. The molecule has 3 aromatic rings. The van der Waals surface area contributed by atoms with Gasteiger partial charge < -0.3 is 0 Å². The van der Waals surface area contributed by atoms with Gasteiger partial charge in [0.2, 0.25) is 10.0 Å². The lowest BCUT2D eigenvalue weighted by atomic mass is 10.1. The summed E-state index contributed by atoms with van der Waals surface area (Å²) in [4.78, 5) is 4.94. The van der Waals surface area contributed by atoms with Crippen LogP contribution in [0.3, 0.4) is 0 Å². The molecule has 1 heterocycles. The van der Waals surface area contributed by atoms with Crippen molar-refractivity contribution in [3.05, 3.63) is 65.4 Å². The van der Waals surface area contributed by atoms with E-state index in [-0.39, 0.29) is 4.90 Å². The zero-order chi connectivity index (χ0) is 21.6. The van der Waals surface area contributed by atoms with Gasteiger partial charge in [-0.15, -0.1) is 0 Å². The highest BCUT2D eigenvalue weighted by atomic mass is 35.5. The van der Waals surface area contributed by atoms with Gasteiger partial charge >= 0.3 is 0 Å². The smallest absolute Gasteiger partial charge is 0.238 e. The van der Waals surface area contributed by atoms with Crippen molar-refractivity contribution in [1.29, 1.82) is 0 Å². The maximum atomic E-state index is 11.6. The molecule has 0 unspecified atom stereocenters. The Morgan fingerprint density at radius 3 is 2.20 bits per heavy atom. The van der Waals surface area contributed by atoms with Crippen LogP contribution in [0.1, 0.15) is 51.1 Å². The number of unbranched alkanes of at least 4 members (excludes halogenated alkanes) is 5. The summed E-state index contributed by atoms with van der Waals surface area (Å²) in [5.41, 5.74) is 2.80. The molecule has 0 aliphatic carbocycles. The molecule has 0 atom stereocenters. The molecule has 5 nitrogen and oxygen atoms in total. The fraction of sp³-hybridized carbons (Fsp3) is 0.348. The van der Waals surface area contributed by atoms with Crippen LogP contribution in [0.5, 0.6) is 0 Å². The van der Waals surface area contributed by atoms with E-state index in [0.717, 1.165) is 35.6 Å². The zero-order valence-electron chi connectivity index (χ0n) is 17.2. The molecule has 7 heteroatoms. The van der Waals surface area contributed by atoms with Gasteiger partial charge in [0.25, 0.3) is 0 Å². The molecule has 1 aromatic heterocycles. The monoisotopic (exact) mass is 445 g/mol. The van der Waals surface area contributed by atoms with E-state index in [1.165, 1.54) is 44.2 Å². The van der Waals surface area contributed by atoms with Gasteiger partial charge in [-0.05, 0) is 61.4 Å². The molecule has 2 N–H and O–H groups in total. The van der Waals surface area contributed by atoms with Crippen LogP contribution in [-0.4, -0.2) is 18.0 Å². The Morgan fingerprint density at radius 2 is 1.57 bits per heavy atom. The molecule has 0 aliphatic heterocycles. The maximum Gasteiger partial charge on any atom is 0.238 e. The highest BCUT2D eigenvalue weighted by molar-refractivity contribution is 7.89.